The predicted molar refractivity (Wildman–Crippen MR) is 95.7 cm³/mol. The molecule has 3 fully saturated rings. The number of carbonyl (C=O) groups excluding carboxylic acids is 2. The summed E-state index contributed by atoms with van der Waals surface area (Å²) in [5.74, 6) is 0.0582. The Morgan fingerprint density at radius 1 is 1.00 bits per heavy atom. The maximum atomic E-state index is 13.6. The van der Waals surface area contributed by atoms with E-state index in [1.165, 1.54) is 18.9 Å². The van der Waals surface area contributed by atoms with Crippen molar-refractivity contribution in [1.29, 1.82) is 0 Å². The standard InChI is InChI=1S/C20H28N2O4/c23-18(16-5-12-26-15-16)22-11-4-6-20(7-13-25-14-8-20)17(22)19(24)21-9-2-1-3-10-21/h5,12,15,17H,1-4,6-11,13-14H2. The van der Waals surface area contributed by atoms with E-state index in [-0.39, 0.29) is 23.3 Å². The van der Waals surface area contributed by atoms with E-state index < -0.39 is 0 Å². The van der Waals surface area contributed by atoms with Crippen LogP contribution in [0.2, 0.25) is 0 Å². The van der Waals surface area contributed by atoms with Crippen molar-refractivity contribution in [3.05, 3.63) is 24.2 Å². The molecule has 0 aliphatic carbocycles. The molecule has 2 amide bonds. The maximum Gasteiger partial charge on any atom is 0.257 e. The molecule has 0 saturated carbocycles. The van der Waals surface area contributed by atoms with Crippen molar-refractivity contribution in [2.75, 3.05) is 32.8 Å². The number of amides is 2. The topological polar surface area (TPSA) is 63.0 Å². The molecule has 1 aromatic rings. The van der Waals surface area contributed by atoms with Gasteiger partial charge in [-0.15, -0.1) is 0 Å². The quantitative estimate of drug-likeness (QED) is 0.813. The third-order valence-electron chi connectivity index (χ3n) is 6.38. The van der Waals surface area contributed by atoms with Crippen LogP contribution in [0, 0.1) is 5.41 Å². The van der Waals surface area contributed by atoms with Crippen LogP contribution in [0.25, 0.3) is 0 Å². The van der Waals surface area contributed by atoms with E-state index in [1.807, 2.05) is 9.80 Å². The van der Waals surface area contributed by atoms with Gasteiger partial charge in [0.2, 0.25) is 5.91 Å². The minimum absolute atomic E-state index is 0.0836. The fourth-order valence-corrected chi connectivity index (χ4v) is 4.95. The molecule has 6 heteroatoms. The van der Waals surface area contributed by atoms with E-state index in [0.29, 0.717) is 25.3 Å². The van der Waals surface area contributed by atoms with Crippen LogP contribution in [0.5, 0.6) is 0 Å². The minimum atomic E-state index is -0.374. The number of piperidine rings is 2. The summed E-state index contributed by atoms with van der Waals surface area (Å²) >= 11 is 0. The number of likely N-dealkylation sites (tertiary alicyclic amines) is 2. The molecule has 1 aromatic heterocycles. The Morgan fingerprint density at radius 2 is 1.77 bits per heavy atom. The second-order valence-electron chi connectivity index (χ2n) is 7.88. The van der Waals surface area contributed by atoms with Crippen molar-refractivity contribution < 1.29 is 18.7 Å². The average Bonchev–Trinajstić information content (AvgIpc) is 3.23. The fraction of sp³-hybridized carbons (Fsp3) is 0.700. The number of carbonyl (C=O) groups is 2. The zero-order valence-corrected chi connectivity index (χ0v) is 15.3. The Labute approximate surface area is 154 Å². The zero-order valence-electron chi connectivity index (χ0n) is 15.3. The summed E-state index contributed by atoms with van der Waals surface area (Å²) in [6.45, 7) is 3.62. The lowest BCUT2D eigenvalue weighted by atomic mass is 9.67. The maximum absolute atomic E-state index is 13.6. The van der Waals surface area contributed by atoms with Crippen LogP contribution in [0.4, 0.5) is 0 Å². The first-order valence-corrected chi connectivity index (χ1v) is 9.91. The van der Waals surface area contributed by atoms with Gasteiger partial charge >= 0.3 is 0 Å². The molecule has 142 valence electrons. The van der Waals surface area contributed by atoms with Gasteiger partial charge in [-0.05, 0) is 51.0 Å². The minimum Gasteiger partial charge on any atom is -0.472 e. The molecule has 3 saturated heterocycles. The second kappa shape index (κ2) is 7.43. The lowest BCUT2D eigenvalue weighted by Gasteiger charge is -2.52. The van der Waals surface area contributed by atoms with E-state index >= 15 is 0 Å². The van der Waals surface area contributed by atoms with Crippen LogP contribution in [0.15, 0.2) is 23.0 Å². The summed E-state index contributed by atoms with van der Waals surface area (Å²) in [7, 11) is 0. The first-order valence-electron chi connectivity index (χ1n) is 9.91. The van der Waals surface area contributed by atoms with Crippen LogP contribution in [-0.2, 0) is 9.53 Å². The molecular formula is C20H28N2O4. The number of hydrogen-bond donors (Lipinski definition) is 0. The number of hydrogen-bond acceptors (Lipinski definition) is 4. The van der Waals surface area contributed by atoms with Crippen molar-refractivity contribution in [3.8, 4) is 0 Å². The summed E-state index contributed by atoms with van der Waals surface area (Å²) < 4.78 is 10.7. The SMILES string of the molecule is O=C(C1N(C(=O)c2ccoc2)CCCC12CCOCC2)N1CCCCC1. The molecule has 26 heavy (non-hydrogen) atoms. The van der Waals surface area contributed by atoms with E-state index in [4.69, 9.17) is 9.15 Å². The number of nitrogens with zero attached hydrogens (tertiary/aromatic N) is 2. The summed E-state index contributed by atoms with van der Waals surface area (Å²) in [5, 5.41) is 0. The van der Waals surface area contributed by atoms with Gasteiger partial charge in [0.25, 0.3) is 5.91 Å². The van der Waals surface area contributed by atoms with E-state index in [2.05, 4.69) is 0 Å². The highest BCUT2D eigenvalue weighted by molar-refractivity contribution is 5.97. The van der Waals surface area contributed by atoms with Crippen molar-refractivity contribution in [2.24, 2.45) is 5.41 Å². The van der Waals surface area contributed by atoms with Gasteiger partial charge < -0.3 is 19.0 Å². The largest absolute Gasteiger partial charge is 0.472 e. The molecule has 0 bridgehead atoms. The zero-order chi connectivity index (χ0) is 18.0. The molecular weight excluding hydrogens is 332 g/mol. The Hall–Kier alpha value is -1.82. The van der Waals surface area contributed by atoms with Crippen LogP contribution in [-0.4, -0.2) is 60.5 Å². The summed E-state index contributed by atoms with van der Waals surface area (Å²) in [6, 6.07) is 1.32. The van der Waals surface area contributed by atoms with Crippen LogP contribution >= 0.6 is 0 Å². The predicted octanol–water partition coefficient (Wildman–Crippen LogP) is 2.69. The van der Waals surface area contributed by atoms with Gasteiger partial charge in [0, 0.05) is 38.3 Å². The lowest BCUT2D eigenvalue weighted by Crippen LogP contribution is -2.63. The van der Waals surface area contributed by atoms with Gasteiger partial charge in [-0.25, -0.2) is 0 Å². The number of rotatable bonds is 2. The Kier molecular flexibility index (Phi) is 5.02. The third kappa shape index (κ3) is 3.15. The van der Waals surface area contributed by atoms with Gasteiger partial charge in [0.05, 0.1) is 11.8 Å². The van der Waals surface area contributed by atoms with Gasteiger partial charge in [0.15, 0.2) is 0 Å². The summed E-state index contributed by atoms with van der Waals surface area (Å²) in [5.41, 5.74) is 0.385. The van der Waals surface area contributed by atoms with Gasteiger partial charge in [-0.2, -0.15) is 0 Å². The average molecular weight is 360 g/mol. The molecule has 3 aliphatic heterocycles. The van der Waals surface area contributed by atoms with Crippen LogP contribution in [0.1, 0.15) is 55.3 Å². The lowest BCUT2D eigenvalue weighted by molar-refractivity contribution is -0.149. The van der Waals surface area contributed by atoms with Crippen LogP contribution < -0.4 is 0 Å². The second-order valence-corrected chi connectivity index (χ2v) is 7.88. The molecule has 4 heterocycles. The van der Waals surface area contributed by atoms with Gasteiger partial charge in [-0.3, -0.25) is 9.59 Å². The molecule has 3 aliphatic rings. The van der Waals surface area contributed by atoms with Crippen molar-refractivity contribution in [2.45, 2.75) is 51.0 Å². The molecule has 1 unspecified atom stereocenters. The summed E-state index contributed by atoms with van der Waals surface area (Å²) in [4.78, 5) is 30.5. The van der Waals surface area contributed by atoms with Crippen molar-refractivity contribution >= 4 is 11.8 Å². The Balaban J connectivity index is 1.66. The number of furan rings is 1. The van der Waals surface area contributed by atoms with E-state index in [1.54, 1.807) is 6.07 Å². The smallest absolute Gasteiger partial charge is 0.257 e. The Bertz CT molecular complexity index is 625. The summed E-state index contributed by atoms with van der Waals surface area (Å²) in [6.07, 6.45) is 9.94. The third-order valence-corrected chi connectivity index (χ3v) is 6.38. The number of ether oxygens (including phenoxy) is 1. The molecule has 4 rings (SSSR count). The van der Waals surface area contributed by atoms with E-state index in [9.17, 15) is 9.59 Å². The Morgan fingerprint density at radius 3 is 2.46 bits per heavy atom. The highest BCUT2D eigenvalue weighted by Gasteiger charge is 2.51. The molecule has 0 aromatic carbocycles. The highest BCUT2D eigenvalue weighted by atomic mass is 16.5. The van der Waals surface area contributed by atoms with Gasteiger partial charge in [-0.1, -0.05) is 0 Å². The van der Waals surface area contributed by atoms with Gasteiger partial charge in [0.1, 0.15) is 12.3 Å². The van der Waals surface area contributed by atoms with Crippen molar-refractivity contribution in [1.82, 2.24) is 9.80 Å². The fourth-order valence-electron chi connectivity index (χ4n) is 4.95. The highest BCUT2D eigenvalue weighted by Crippen LogP contribution is 2.45. The molecule has 6 nitrogen and oxygen atoms in total. The monoisotopic (exact) mass is 360 g/mol. The first kappa shape index (κ1) is 17.6. The van der Waals surface area contributed by atoms with Crippen molar-refractivity contribution in [3.63, 3.8) is 0 Å². The van der Waals surface area contributed by atoms with E-state index in [0.717, 1.165) is 51.6 Å². The first-order chi connectivity index (χ1) is 12.7. The van der Waals surface area contributed by atoms with Crippen LogP contribution in [0.3, 0.4) is 0 Å². The molecule has 1 atom stereocenters. The molecule has 0 radical (unpaired) electrons. The molecule has 0 N–H and O–H groups in total. The molecule has 1 spiro atoms. The normalized spacial score (nSPS) is 26.1.